The van der Waals surface area contributed by atoms with E-state index in [4.69, 9.17) is 27.9 Å². The summed E-state index contributed by atoms with van der Waals surface area (Å²) in [4.78, 5) is 29.1. The Kier molecular flexibility index (Phi) is 5.63. The van der Waals surface area contributed by atoms with Gasteiger partial charge in [0, 0.05) is 18.1 Å². The predicted molar refractivity (Wildman–Crippen MR) is 107 cm³/mol. The first-order chi connectivity index (χ1) is 12.8. The summed E-state index contributed by atoms with van der Waals surface area (Å²) in [5, 5.41) is 0.729. The molecule has 1 saturated heterocycles. The van der Waals surface area contributed by atoms with E-state index >= 15 is 0 Å². The Morgan fingerprint density at radius 3 is 2.56 bits per heavy atom. The summed E-state index contributed by atoms with van der Waals surface area (Å²) in [7, 11) is 1.57. The summed E-state index contributed by atoms with van der Waals surface area (Å²) >= 11 is 12.1. The van der Waals surface area contributed by atoms with Gasteiger partial charge in [0.25, 0.3) is 5.91 Å². The molecule has 2 aromatic rings. The van der Waals surface area contributed by atoms with Crippen molar-refractivity contribution < 1.29 is 14.3 Å². The lowest BCUT2D eigenvalue weighted by molar-refractivity contribution is -0.124. The fourth-order valence-corrected chi connectivity index (χ4v) is 3.70. The Bertz CT molecular complexity index is 901. The van der Waals surface area contributed by atoms with E-state index in [0.717, 1.165) is 5.56 Å². The molecule has 1 aliphatic heterocycles. The van der Waals surface area contributed by atoms with Crippen LogP contribution in [-0.2, 0) is 4.79 Å². The van der Waals surface area contributed by atoms with Crippen LogP contribution in [0.15, 0.2) is 36.4 Å². The van der Waals surface area contributed by atoms with E-state index in [9.17, 15) is 9.59 Å². The third kappa shape index (κ3) is 3.75. The average molecular weight is 407 g/mol. The third-order valence-electron chi connectivity index (χ3n) is 4.70. The molecule has 0 N–H and O–H groups in total. The van der Waals surface area contributed by atoms with Gasteiger partial charge >= 0.3 is 0 Å². The van der Waals surface area contributed by atoms with Crippen LogP contribution in [0, 0.1) is 6.92 Å². The first kappa shape index (κ1) is 19.5. The van der Waals surface area contributed by atoms with E-state index in [1.165, 1.54) is 11.0 Å². The van der Waals surface area contributed by atoms with Crippen molar-refractivity contribution in [1.29, 1.82) is 0 Å². The molecule has 1 fully saturated rings. The highest BCUT2D eigenvalue weighted by atomic mass is 35.5. The highest BCUT2D eigenvalue weighted by Gasteiger charge is 2.36. The van der Waals surface area contributed by atoms with Crippen molar-refractivity contribution >= 4 is 40.7 Å². The molecule has 2 aromatic carbocycles. The van der Waals surface area contributed by atoms with Crippen molar-refractivity contribution in [2.24, 2.45) is 0 Å². The zero-order chi connectivity index (χ0) is 19.7. The number of nitrogens with zero attached hydrogens (tertiary/aromatic N) is 2. The lowest BCUT2D eigenvalue weighted by Gasteiger charge is -2.39. The van der Waals surface area contributed by atoms with Gasteiger partial charge in [0.15, 0.2) is 0 Å². The molecule has 1 atom stereocenters. The van der Waals surface area contributed by atoms with Gasteiger partial charge in [0.05, 0.1) is 23.4 Å². The Labute approximate surface area is 168 Å². The molecule has 0 unspecified atom stereocenters. The van der Waals surface area contributed by atoms with Crippen LogP contribution in [0.2, 0.25) is 10.0 Å². The summed E-state index contributed by atoms with van der Waals surface area (Å²) < 4.78 is 5.40. The molecule has 0 aliphatic carbocycles. The molecule has 0 saturated carbocycles. The van der Waals surface area contributed by atoms with E-state index < -0.39 is 6.04 Å². The van der Waals surface area contributed by atoms with Crippen LogP contribution in [0.3, 0.4) is 0 Å². The maximum atomic E-state index is 13.0. The average Bonchev–Trinajstić information content (AvgIpc) is 2.63. The number of carbonyl (C=O) groups excluding carboxylic acids is 2. The number of hydrogen-bond acceptors (Lipinski definition) is 3. The molecule has 5 nitrogen and oxygen atoms in total. The lowest BCUT2D eigenvalue weighted by atomic mass is 10.1. The van der Waals surface area contributed by atoms with Gasteiger partial charge in [0.2, 0.25) is 5.91 Å². The van der Waals surface area contributed by atoms with Gasteiger partial charge in [0.1, 0.15) is 11.8 Å². The number of ether oxygens (including phenoxy) is 1. The molecule has 0 aromatic heterocycles. The van der Waals surface area contributed by atoms with Crippen molar-refractivity contribution in [3.8, 4) is 5.75 Å². The Morgan fingerprint density at radius 1 is 1.15 bits per heavy atom. The Hall–Kier alpha value is -2.24. The molecule has 0 bridgehead atoms. The van der Waals surface area contributed by atoms with E-state index in [2.05, 4.69) is 0 Å². The fraction of sp³-hybridized carbons (Fsp3) is 0.300. The molecule has 7 heteroatoms. The minimum absolute atomic E-state index is 0.163. The summed E-state index contributed by atoms with van der Waals surface area (Å²) in [5.74, 6) is 0.179. The van der Waals surface area contributed by atoms with Crippen LogP contribution in [0.25, 0.3) is 0 Å². The molecule has 3 rings (SSSR count). The summed E-state index contributed by atoms with van der Waals surface area (Å²) in [6.07, 6.45) is 0. The summed E-state index contributed by atoms with van der Waals surface area (Å²) in [5.41, 5.74) is 2.07. The molecular formula is C20H20Cl2N2O3. The number of aryl methyl sites for hydroxylation is 1. The van der Waals surface area contributed by atoms with Gasteiger partial charge in [-0.15, -0.1) is 0 Å². The lowest BCUT2D eigenvalue weighted by Crippen LogP contribution is -2.57. The van der Waals surface area contributed by atoms with E-state index in [1.807, 2.05) is 25.1 Å². The standard InChI is InChI=1S/C20H20Cl2N2O3/c1-12-4-7-18(27-3)17(10-12)24-9-8-23(13(2)19(24)25)20(26)15-6-5-14(21)11-16(15)22/h4-7,10-11,13H,8-9H2,1-3H3/t13-/m0/s1. The number of methoxy groups -OCH3 is 1. The Balaban J connectivity index is 1.87. The maximum absolute atomic E-state index is 13.0. The van der Waals surface area contributed by atoms with Gasteiger partial charge in [-0.25, -0.2) is 0 Å². The van der Waals surface area contributed by atoms with Crippen molar-refractivity contribution in [1.82, 2.24) is 4.90 Å². The number of carbonyl (C=O) groups is 2. The second-order valence-electron chi connectivity index (χ2n) is 6.46. The second kappa shape index (κ2) is 7.79. The molecular weight excluding hydrogens is 387 g/mol. The number of anilines is 1. The maximum Gasteiger partial charge on any atom is 0.256 e. The van der Waals surface area contributed by atoms with Gasteiger partial charge in [-0.2, -0.15) is 0 Å². The number of benzene rings is 2. The number of amides is 2. The van der Waals surface area contributed by atoms with Crippen LogP contribution < -0.4 is 9.64 Å². The fourth-order valence-electron chi connectivity index (χ4n) is 3.22. The zero-order valence-corrected chi connectivity index (χ0v) is 16.8. The van der Waals surface area contributed by atoms with Crippen LogP contribution in [0.5, 0.6) is 5.75 Å². The van der Waals surface area contributed by atoms with Gasteiger partial charge in [-0.1, -0.05) is 29.3 Å². The monoisotopic (exact) mass is 406 g/mol. The summed E-state index contributed by atoms with van der Waals surface area (Å²) in [6.45, 7) is 4.44. The molecule has 0 radical (unpaired) electrons. The van der Waals surface area contributed by atoms with E-state index in [0.29, 0.717) is 35.1 Å². The SMILES string of the molecule is COc1ccc(C)cc1N1CCN(C(=O)c2ccc(Cl)cc2Cl)[C@@H](C)C1=O. The first-order valence-corrected chi connectivity index (χ1v) is 9.31. The van der Waals surface area contributed by atoms with Crippen LogP contribution in [-0.4, -0.2) is 43.0 Å². The highest BCUT2D eigenvalue weighted by Crippen LogP contribution is 2.32. The Morgan fingerprint density at radius 2 is 1.89 bits per heavy atom. The molecule has 1 aliphatic rings. The molecule has 2 amide bonds. The van der Waals surface area contributed by atoms with Crippen molar-refractivity contribution in [2.75, 3.05) is 25.1 Å². The van der Waals surface area contributed by atoms with Crippen LogP contribution >= 0.6 is 23.2 Å². The minimum atomic E-state index is -0.622. The smallest absolute Gasteiger partial charge is 0.256 e. The third-order valence-corrected chi connectivity index (χ3v) is 5.25. The molecule has 1 heterocycles. The number of halogens is 2. The van der Waals surface area contributed by atoms with Crippen molar-refractivity contribution in [2.45, 2.75) is 19.9 Å². The largest absolute Gasteiger partial charge is 0.495 e. The van der Waals surface area contributed by atoms with E-state index in [-0.39, 0.29) is 16.8 Å². The predicted octanol–water partition coefficient (Wildman–Crippen LogP) is 4.19. The normalized spacial score (nSPS) is 17.2. The quantitative estimate of drug-likeness (QED) is 0.767. The number of hydrogen-bond donors (Lipinski definition) is 0. The van der Waals surface area contributed by atoms with E-state index in [1.54, 1.807) is 31.1 Å². The zero-order valence-electron chi connectivity index (χ0n) is 15.3. The topological polar surface area (TPSA) is 49.9 Å². The van der Waals surface area contributed by atoms with Crippen molar-refractivity contribution in [3.05, 3.63) is 57.6 Å². The molecule has 0 spiro atoms. The van der Waals surface area contributed by atoms with Crippen LogP contribution in [0.1, 0.15) is 22.8 Å². The number of piperazine rings is 1. The number of rotatable bonds is 3. The van der Waals surface area contributed by atoms with Crippen LogP contribution in [0.4, 0.5) is 5.69 Å². The van der Waals surface area contributed by atoms with Gasteiger partial charge < -0.3 is 14.5 Å². The highest BCUT2D eigenvalue weighted by molar-refractivity contribution is 6.36. The molecule has 142 valence electrons. The first-order valence-electron chi connectivity index (χ1n) is 8.55. The summed E-state index contributed by atoms with van der Waals surface area (Å²) in [6, 6.07) is 9.78. The van der Waals surface area contributed by atoms with Crippen molar-refractivity contribution in [3.63, 3.8) is 0 Å². The second-order valence-corrected chi connectivity index (χ2v) is 7.31. The van der Waals surface area contributed by atoms with Gasteiger partial charge in [-0.05, 0) is 49.7 Å². The van der Waals surface area contributed by atoms with Gasteiger partial charge in [-0.3, -0.25) is 9.59 Å². The molecule has 27 heavy (non-hydrogen) atoms. The minimum Gasteiger partial charge on any atom is -0.495 e.